The zero-order valence-electron chi connectivity index (χ0n) is 9.67. The normalized spacial score (nSPS) is 20.3. The topological polar surface area (TPSA) is 79.5 Å². The van der Waals surface area contributed by atoms with E-state index in [0.29, 0.717) is 17.8 Å². The van der Waals surface area contributed by atoms with Crippen molar-refractivity contribution in [3.8, 4) is 0 Å². The second-order valence-electron chi connectivity index (χ2n) is 4.29. The van der Waals surface area contributed by atoms with Crippen molar-refractivity contribution in [2.24, 2.45) is 0 Å². The smallest absolute Gasteiger partial charge is 0.256 e. The molecule has 17 heavy (non-hydrogen) atoms. The van der Waals surface area contributed by atoms with Crippen molar-refractivity contribution in [2.45, 2.75) is 25.3 Å². The summed E-state index contributed by atoms with van der Waals surface area (Å²) < 4.78 is 0. The van der Waals surface area contributed by atoms with E-state index in [1.165, 1.54) is 6.20 Å². The Labute approximate surface area is 100 Å². The van der Waals surface area contributed by atoms with Crippen LogP contribution in [-0.2, 0) is 0 Å². The average molecular weight is 235 g/mol. The highest BCUT2D eigenvalue weighted by molar-refractivity contribution is 5.99. The quantitative estimate of drug-likeness (QED) is 0.788. The molecule has 1 aliphatic rings. The molecule has 0 bridgehead atoms. The molecule has 92 valence electrons. The maximum absolute atomic E-state index is 12.3. The van der Waals surface area contributed by atoms with Gasteiger partial charge in [-0.25, -0.2) is 0 Å². The van der Waals surface area contributed by atoms with Crippen LogP contribution in [-0.4, -0.2) is 40.1 Å². The predicted octanol–water partition coefficient (Wildman–Crippen LogP) is 0.651. The fourth-order valence-corrected chi connectivity index (χ4v) is 2.21. The first-order valence-electron chi connectivity index (χ1n) is 5.85. The number of hydrogen-bond acceptors (Lipinski definition) is 4. The summed E-state index contributed by atoms with van der Waals surface area (Å²) in [6.07, 6.45) is 5.92. The lowest BCUT2D eigenvalue weighted by Gasteiger charge is -2.34. The van der Waals surface area contributed by atoms with Crippen molar-refractivity contribution in [2.75, 3.05) is 18.9 Å². The van der Waals surface area contributed by atoms with Gasteiger partial charge in [0.1, 0.15) is 0 Å². The van der Waals surface area contributed by atoms with Crippen LogP contribution in [0.2, 0.25) is 0 Å². The summed E-state index contributed by atoms with van der Waals surface area (Å²) in [5.41, 5.74) is 6.60. The number of pyridine rings is 1. The Balaban J connectivity index is 2.21. The zero-order valence-corrected chi connectivity index (χ0v) is 9.67. The number of aliphatic hydroxyl groups excluding tert-OH is 1. The van der Waals surface area contributed by atoms with E-state index in [-0.39, 0.29) is 18.6 Å². The highest BCUT2D eigenvalue weighted by atomic mass is 16.3. The number of carbonyl (C=O) groups is 1. The number of aromatic nitrogens is 1. The SMILES string of the molecule is Nc1cnccc1C(=O)N1CCCCC1CO. The van der Waals surface area contributed by atoms with E-state index in [9.17, 15) is 9.90 Å². The summed E-state index contributed by atoms with van der Waals surface area (Å²) >= 11 is 0. The highest BCUT2D eigenvalue weighted by Gasteiger charge is 2.27. The van der Waals surface area contributed by atoms with Crippen LogP contribution in [0, 0.1) is 0 Å². The van der Waals surface area contributed by atoms with Gasteiger partial charge in [0.15, 0.2) is 0 Å². The number of nitrogens with two attached hydrogens (primary N) is 1. The number of rotatable bonds is 2. The number of nitrogens with zero attached hydrogens (tertiary/aromatic N) is 2. The fraction of sp³-hybridized carbons (Fsp3) is 0.500. The van der Waals surface area contributed by atoms with Crippen LogP contribution >= 0.6 is 0 Å². The molecule has 1 aromatic rings. The predicted molar refractivity (Wildman–Crippen MR) is 64.4 cm³/mol. The van der Waals surface area contributed by atoms with E-state index in [4.69, 9.17) is 5.73 Å². The van der Waals surface area contributed by atoms with Gasteiger partial charge in [0, 0.05) is 12.7 Å². The maximum Gasteiger partial charge on any atom is 0.256 e. The molecule has 1 saturated heterocycles. The van der Waals surface area contributed by atoms with Gasteiger partial charge in [0.25, 0.3) is 5.91 Å². The molecule has 0 spiro atoms. The van der Waals surface area contributed by atoms with E-state index in [0.717, 1.165) is 19.3 Å². The van der Waals surface area contributed by atoms with Crippen LogP contribution in [0.5, 0.6) is 0 Å². The van der Waals surface area contributed by atoms with Crippen LogP contribution in [0.4, 0.5) is 5.69 Å². The van der Waals surface area contributed by atoms with E-state index >= 15 is 0 Å². The van der Waals surface area contributed by atoms with E-state index < -0.39 is 0 Å². The summed E-state index contributed by atoms with van der Waals surface area (Å²) in [7, 11) is 0. The summed E-state index contributed by atoms with van der Waals surface area (Å²) in [5, 5.41) is 9.29. The molecule has 1 atom stereocenters. The monoisotopic (exact) mass is 235 g/mol. The molecule has 1 amide bonds. The van der Waals surface area contributed by atoms with Gasteiger partial charge in [0.2, 0.25) is 0 Å². The van der Waals surface area contributed by atoms with E-state index in [2.05, 4.69) is 4.98 Å². The lowest BCUT2D eigenvalue weighted by molar-refractivity contribution is 0.0504. The van der Waals surface area contributed by atoms with Crippen molar-refractivity contribution in [3.05, 3.63) is 24.0 Å². The highest BCUT2D eigenvalue weighted by Crippen LogP contribution is 2.21. The molecule has 1 aromatic heterocycles. The molecule has 0 aliphatic carbocycles. The molecule has 1 fully saturated rings. The van der Waals surface area contributed by atoms with E-state index in [1.54, 1.807) is 17.2 Å². The third-order valence-electron chi connectivity index (χ3n) is 3.18. The minimum atomic E-state index is -0.108. The second-order valence-corrected chi connectivity index (χ2v) is 4.29. The number of hydrogen-bond donors (Lipinski definition) is 2. The Kier molecular flexibility index (Phi) is 3.58. The lowest BCUT2D eigenvalue weighted by Crippen LogP contribution is -2.45. The standard InChI is InChI=1S/C12H17N3O2/c13-11-7-14-5-4-10(11)12(17)15-6-2-1-3-9(15)8-16/h4-5,7,9,16H,1-3,6,8,13H2. The minimum absolute atomic E-state index is 0.0106. The molecule has 0 radical (unpaired) electrons. The first-order valence-corrected chi connectivity index (χ1v) is 5.85. The van der Waals surface area contributed by atoms with Crippen LogP contribution in [0.1, 0.15) is 29.6 Å². The Morgan fingerprint density at radius 3 is 3.12 bits per heavy atom. The number of carbonyl (C=O) groups excluding carboxylic acids is 1. The number of nitrogen functional groups attached to an aromatic ring is 1. The summed E-state index contributed by atoms with van der Waals surface area (Å²) in [5.74, 6) is -0.108. The van der Waals surface area contributed by atoms with Gasteiger partial charge in [0.05, 0.1) is 30.1 Å². The Morgan fingerprint density at radius 2 is 2.41 bits per heavy atom. The molecule has 2 rings (SSSR count). The second kappa shape index (κ2) is 5.14. The Bertz CT molecular complexity index is 408. The van der Waals surface area contributed by atoms with Gasteiger partial charge in [-0.3, -0.25) is 9.78 Å². The summed E-state index contributed by atoms with van der Waals surface area (Å²) in [4.78, 5) is 17.9. The Morgan fingerprint density at radius 1 is 1.59 bits per heavy atom. The number of aliphatic hydroxyl groups is 1. The minimum Gasteiger partial charge on any atom is -0.397 e. The van der Waals surface area contributed by atoms with Crippen molar-refractivity contribution in [1.82, 2.24) is 9.88 Å². The maximum atomic E-state index is 12.3. The van der Waals surface area contributed by atoms with Gasteiger partial charge in [-0.15, -0.1) is 0 Å². The number of anilines is 1. The third kappa shape index (κ3) is 2.39. The number of piperidine rings is 1. The third-order valence-corrected chi connectivity index (χ3v) is 3.18. The average Bonchev–Trinajstić information content (AvgIpc) is 2.38. The van der Waals surface area contributed by atoms with Gasteiger partial charge in [-0.1, -0.05) is 0 Å². The van der Waals surface area contributed by atoms with Gasteiger partial charge in [-0.2, -0.15) is 0 Å². The molecular formula is C12H17N3O2. The van der Waals surface area contributed by atoms with Crippen molar-refractivity contribution in [1.29, 1.82) is 0 Å². The van der Waals surface area contributed by atoms with Crippen LogP contribution in [0.3, 0.4) is 0 Å². The zero-order chi connectivity index (χ0) is 12.3. The van der Waals surface area contributed by atoms with Crippen molar-refractivity contribution < 1.29 is 9.90 Å². The van der Waals surface area contributed by atoms with Crippen LogP contribution in [0.15, 0.2) is 18.5 Å². The molecule has 2 heterocycles. The van der Waals surface area contributed by atoms with Crippen molar-refractivity contribution >= 4 is 11.6 Å². The van der Waals surface area contributed by atoms with Gasteiger partial charge in [-0.05, 0) is 25.3 Å². The van der Waals surface area contributed by atoms with Gasteiger partial charge < -0.3 is 15.7 Å². The number of amides is 1. The molecule has 5 heteroatoms. The molecule has 5 nitrogen and oxygen atoms in total. The molecule has 0 aromatic carbocycles. The molecule has 0 saturated carbocycles. The molecule has 3 N–H and O–H groups in total. The first-order chi connectivity index (χ1) is 8.24. The summed E-state index contributed by atoms with van der Waals surface area (Å²) in [6.45, 7) is 0.697. The first kappa shape index (κ1) is 11.9. The lowest BCUT2D eigenvalue weighted by atomic mass is 10.0. The van der Waals surface area contributed by atoms with Crippen molar-refractivity contribution in [3.63, 3.8) is 0 Å². The largest absolute Gasteiger partial charge is 0.397 e. The van der Waals surface area contributed by atoms with Crippen LogP contribution in [0.25, 0.3) is 0 Å². The fourth-order valence-electron chi connectivity index (χ4n) is 2.21. The van der Waals surface area contributed by atoms with E-state index in [1.807, 2.05) is 0 Å². The Hall–Kier alpha value is -1.62. The molecule has 1 unspecified atom stereocenters. The number of likely N-dealkylation sites (tertiary alicyclic amines) is 1. The van der Waals surface area contributed by atoms with Gasteiger partial charge >= 0.3 is 0 Å². The summed E-state index contributed by atoms with van der Waals surface area (Å²) in [6, 6.07) is 1.55. The molecule has 1 aliphatic heterocycles. The van der Waals surface area contributed by atoms with Crippen LogP contribution < -0.4 is 5.73 Å². The molecular weight excluding hydrogens is 218 g/mol.